The van der Waals surface area contributed by atoms with Crippen LogP contribution in [0.15, 0.2) is 0 Å². The zero-order chi connectivity index (χ0) is 8.97. The minimum atomic E-state index is -1.61. The second-order valence-corrected chi connectivity index (χ2v) is 4.59. The number of hydrogen-bond acceptors (Lipinski definition) is 2. The first-order valence-corrected chi connectivity index (χ1v) is 5.77. The molecule has 0 aromatic rings. The minimum absolute atomic E-state index is 0.456. The molecule has 1 saturated carbocycles. The van der Waals surface area contributed by atoms with Crippen molar-refractivity contribution in [2.75, 3.05) is 12.3 Å². The molecule has 1 aliphatic carbocycles. The second-order valence-electron chi connectivity index (χ2n) is 3.61. The lowest BCUT2D eigenvalue weighted by Gasteiger charge is -2.26. The number of rotatable bonds is 3. The maximum Gasteiger partial charge on any atom is 0.153 e. The Labute approximate surface area is 76.0 Å². The van der Waals surface area contributed by atoms with Crippen LogP contribution in [-0.4, -0.2) is 21.1 Å². The van der Waals surface area contributed by atoms with E-state index in [1.54, 1.807) is 0 Å². The molecule has 4 heteroatoms. The standard InChI is InChI=1S/C8H17NO2S/c9-5-7-1-3-8(4-2-7)6-12(10)11/h7-8H,1-6,9H2,(H,10,11). The summed E-state index contributed by atoms with van der Waals surface area (Å²) in [5.41, 5.74) is 5.54. The molecule has 0 spiro atoms. The monoisotopic (exact) mass is 191 g/mol. The molecule has 1 rings (SSSR count). The summed E-state index contributed by atoms with van der Waals surface area (Å²) in [6.45, 7) is 0.773. The van der Waals surface area contributed by atoms with Gasteiger partial charge in [-0.2, -0.15) is 0 Å². The van der Waals surface area contributed by atoms with Crippen LogP contribution in [0, 0.1) is 11.8 Å². The lowest BCUT2D eigenvalue weighted by Crippen LogP contribution is -2.23. The van der Waals surface area contributed by atoms with Crippen molar-refractivity contribution < 1.29 is 8.76 Å². The maximum atomic E-state index is 10.5. The van der Waals surface area contributed by atoms with Crippen molar-refractivity contribution in [3.05, 3.63) is 0 Å². The van der Waals surface area contributed by atoms with Gasteiger partial charge < -0.3 is 10.3 Å². The first-order chi connectivity index (χ1) is 5.72. The normalized spacial score (nSPS) is 33.2. The van der Waals surface area contributed by atoms with Gasteiger partial charge >= 0.3 is 0 Å². The molecule has 0 radical (unpaired) electrons. The third-order valence-electron chi connectivity index (χ3n) is 2.68. The molecule has 0 amide bonds. The molecule has 1 aliphatic rings. The molecule has 0 saturated heterocycles. The predicted octanol–water partition coefficient (Wildman–Crippen LogP) is 0.973. The van der Waals surface area contributed by atoms with Crippen molar-refractivity contribution >= 4 is 11.1 Å². The highest BCUT2D eigenvalue weighted by Gasteiger charge is 2.21. The van der Waals surface area contributed by atoms with Gasteiger partial charge in [-0.1, -0.05) is 0 Å². The lowest BCUT2D eigenvalue weighted by atomic mass is 9.83. The Bertz CT molecular complexity index is 155. The molecule has 0 heterocycles. The quantitative estimate of drug-likeness (QED) is 0.653. The van der Waals surface area contributed by atoms with E-state index in [0.717, 1.165) is 32.2 Å². The van der Waals surface area contributed by atoms with Crippen molar-refractivity contribution in [1.29, 1.82) is 0 Å². The van der Waals surface area contributed by atoms with E-state index in [2.05, 4.69) is 0 Å². The molecule has 72 valence electrons. The molecular weight excluding hydrogens is 174 g/mol. The van der Waals surface area contributed by atoms with Crippen molar-refractivity contribution in [3.8, 4) is 0 Å². The smallest absolute Gasteiger partial charge is 0.153 e. The Hall–Kier alpha value is 0.0700. The van der Waals surface area contributed by atoms with Crippen LogP contribution in [0.2, 0.25) is 0 Å². The lowest BCUT2D eigenvalue weighted by molar-refractivity contribution is 0.296. The van der Waals surface area contributed by atoms with Crippen molar-refractivity contribution in [2.24, 2.45) is 17.6 Å². The summed E-state index contributed by atoms with van der Waals surface area (Å²) in [6, 6.07) is 0. The topological polar surface area (TPSA) is 63.3 Å². The molecule has 1 unspecified atom stereocenters. The van der Waals surface area contributed by atoms with Gasteiger partial charge in [0.05, 0.1) is 5.75 Å². The van der Waals surface area contributed by atoms with Gasteiger partial charge in [-0.3, -0.25) is 0 Å². The van der Waals surface area contributed by atoms with E-state index in [1.807, 2.05) is 0 Å². The molecule has 0 aliphatic heterocycles. The van der Waals surface area contributed by atoms with Gasteiger partial charge in [-0.15, -0.1) is 0 Å². The van der Waals surface area contributed by atoms with E-state index in [1.165, 1.54) is 0 Å². The van der Waals surface area contributed by atoms with Gasteiger partial charge in [0.2, 0.25) is 0 Å². The van der Waals surface area contributed by atoms with E-state index < -0.39 is 11.1 Å². The highest BCUT2D eigenvalue weighted by Crippen LogP contribution is 2.28. The van der Waals surface area contributed by atoms with Crippen molar-refractivity contribution in [1.82, 2.24) is 0 Å². The maximum absolute atomic E-state index is 10.5. The minimum Gasteiger partial charge on any atom is -0.330 e. The third-order valence-corrected chi connectivity index (χ3v) is 3.43. The van der Waals surface area contributed by atoms with Crippen LogP contribution in [-0.2, 0) is 11.1 Å². The van der Waals surface area contributed by atoms with Crippen molar-refractivity contribution in [2.45, 2.75) is 25.7 Å². The summed E-state index contributed by atoms with van der Waals surface area (Å²) < 4.78 is 19.2. The average Bonchev–Trinajstić information content (AvgIpc) is 2.05. The zero-order valence-corrected chi connectivity index (χ0v) is 8.05. The van der Waals surface area contributed by atoms with Crippen LogP contribution in [0.3, 0.4) is 0 Å². The van der Waals surface area contributed by atoms with Crippen LogP contribution in [0.1, 0.15) is 25.7 Å². The summed E-state index contributed by atoms with van der Waals surface area (Å²) in [5.74, 6) is 1.57. The van der Waals surface area contributed by atoms with Gasteiger partial charge in [0.1, 0.15) is 0 Å². The van der Waals surface area contributed by atoms with Crippen LogP contribution in [0.4, 0.5) is 0 Å². The summed E-state index contributed by atoms with van der Waals surface area (Å²) in [7, 11) is 0. The largest absolute Gasteiger partial charge is 0.330 e. The summed E-state index contributed by atoms with van der Waals surface area (Å²) in [5, 5.41) is 0. The third kappa shape index (κ3) is 3.21. The SMILES string of the molecule is NCC1CCC(CS(=O)O)CC1. The van der Waals surface area contributed by atoms with Crippen LogP contribution >= 0.6 is 0 Å². The summed E-state index contributed by atoms with van der Waals surface area (Å²) in [4.78, 5) is 0. The summed E-state index contributed by atoms with van der Waals surface area (Å²) >= 11 is -1.61. The fourth-order valence-electron chi connectivity index (χ4n) is 1.84. The van der Waals surface area contributed by atoms with E-state index >= 15 is 0 Å². The molecule has 1 fully saturated rings. The Balaban J connectivity index is 2.21. The van der Waals surface area contributed by atoms with Crippen LogP contribution in [0.5, 0.6) is 0 Å². The molecule has 0 aromatic carbocycles. The zero-order valence-electron chi connectivity index (χ0n) is 7.24. The molecule has 0 aromatic heterocycles. The average molecular weight is 191 g/mol. The Kier molecular flexibility index (Phi) is 4.18. The first kappa shape index (κ1) is 10.2. The highest BCUT2D eigenvalue weighted by molar-refractivity contribution is 7.79. The molecule has 1 atom stereocenters. The second kappa shape index (κ2) is 4.94. The summed E-state index contributed by atoms with van der Waals surface area (Å²) in [6.07, 6.45) is 4.43. The Morgan fingerprint density at radius 3 is 2.17 bits per heavy atom. The number of hydrogen-bond donors (Lipinski definition) is 2. The van der Waals surface area contributed by atoms with E-state index in [-0.39, 0.29) is 0 Å². The van der Waals surface area contributed by atoms with Gasteiger partial charge in [-0.05, 0) is 44.1 Å². The Morgan fingerprint density at radius 1 is 1.25 bits per heavy atom. The number of nitrogens with two attached hydrogens (primary N) is 1. The van der Waals surface area contributed by atoms with Crippen molar-refractivity contribution in [3.63, 3.8) is 0 Å². The van der Waals surface area contributed by atoms with E-state index in [4.69, 9.17) is 10.3 Å². The van der Waals surface area contributed by atoms with Gasteiger partial charge in [0.25, 0.3) is 0 Å². The highest BCUT2D eigenvalue weighted by atomic mass is 32.2. The fraction of sp³-hybridized carbons (Fsp3) is 1.00. The van der Waals surface area contributed by atoms with Gasteiger partial charge in [0, 0.05) is 0 Å². The fourth-order valence-corrected chi connectivity index (χ4v) is 2.57. The van der Waals surface area contributed by atoms with E-state index in [0.29, 0.717) is 17.6 Å². The predicted molar refractivity (Wildman–Crippen MR) is 50.1 cm³/mol. The molecule has 12 heavy (non-hydrogen) atoms. The van der Waals surface area contributed by atoms with Gasteiger partial charge in [-0.25, -0.2) is 4.21 Å². The molecule has 0 bridgehead atoms. The van der Waals surface area contributed by atoms with Crippen LogP contribution < -0.4 is 5.73 Å². The van der Waals surface area contributed by atoms with E-state index in [9.17, 15) is 4.21 Å². The van der Waals surface area contributed by atoms with Gasteiger partial charge in [0.15, 0.2) is 11.1 Å². The molecule has 3 nitrogen and oxygen atoms in total. The first-order valence-electron chi connectivity index (χ1n) is 4.50. The Morgan fingerprint density at radius 2 is 1.75 bits per heavy atom. The molecular formula is C8H17NO2S. The molecule has 3 N–H and O–H groups in total. The van der Waals surface area contributed by atoms with Crippen LogP contribution in [0.25, 0.3) is 0 Å².